The summed E-state index contributed by atoms with van der Waals surface area (Å²) in [5, 5.41) is 12.1. The number of piperidine rings is 1. The van der Waals surface area contributed by atoms with Crippen molar-refractivity contribution in [2.24, 2.45) is 11.8 Å². The van der Waals surface area contributed by atoms with E-state index in [0.29, 0.717) is 48.7 Å². The van der Waals surface area contributed by atoms with Crippen molar-refractivity contribution in [1.29, 1.82) is 5.26 Å². The normalized spacial score (nSPS) is 18.8. The average Bonchev–Trinajstić information content (AvgIpc) is 3.21. The Morgan fingerprint density at radius 2 is 1.79 bits per heavy atom. The number of benzene rings is 2. The van der Waals surface area contributed by atoms with Crippen LogP contribution in [0.4, 0.5) is 11.4 Å². The molecule has 2 saturated heterocycles. The van der Waals surface area contributed by atoms with Gasteiger partial charge in [0.25, 0.3) is 0 Å². The molecule has 2 aromatic rings. The minimum Gasteiger partial charge on any atom is -0.342 e. The molecule has 1 atom stereocenters. The third-order valence-electron chi connectivity index (χ3n) is 6.35. The lowest BCUT2D eigenvalue weighted by atomic mass is 9.94. The van der Waals surface area contributed by atoms with Gasteiger partial charge in [0, 0.05) is 43.3 Å². The predicted octanol–water partition coefficient (Wildman–Crippen LogP) is 3.75. The number of amides is 3. The molecule has 2 heterocycles. The predicted molar refractivity (Wildman–Crippen MR) is 126 cm³/mol. The first-order chi connectivity index (χ1) is 15.9. The number of hydrogen-bond donors (Lipinski definition) is 1. The second-order valence-corrected chi connectivity index (χ2v) is 9.04. The Balaban J connectivity index is 1.30. The van der Waals surface area contributed by atoms with E-state index < -0.39 is 0 Å². The molecule has 0 bridgehead atoms. The molecule has 4 rings (SSSR count). The van der Waals surface area contributed by atoms with Crippen molar-refractivity contribution in [2.45, 2.75) is 26.2 Å². The summed E-state index contributed by atoms with van der Waals surface area (Å²) in [6.45, 7) is 3.35. The van der Waals surface area contributed by atoms with E-state index in [4.69, 9.17) is 16.9 Å². The van der Waals surface area contributed by atoms with Crippen LogP contribution >= 0.6 is 11.6 Å². The fourth-order valence-corrected chi connectivity index (χ4v) is 4.62. The summed E-state index contributed by atoms with van der Waals surface area (Å²) in [4.78, 5) is 41.7. The van der Waals surface area contributed by atoms with Crippen molar-refractivity contribution >= 4 is 40.7 Å². The van der Waals surface area contributed by atoms with E-state index in [1.54, 1.807) is 28.0 Å². The molecule has 2 aliphatic rings. The van der Waals surface area contributed by atoms with Crippen LogP contribution in [-0.4, -0.2) is 42.3 Å². The molecule has 3 amide bonds. The van der Waals surface area contributed by atoms with Crippen molar-refractivity contribution in [3.63, 3.8) is 0 Å². The van der Waals surface area contributed by atoms with Gasteiger partial charge in [-0.3, -0.25) is 14.4 Å². The van der Waals surface area contributed by atoms with Crippen LogP contribution in [-0.2, 0) is 14.4 Å². The molecule has 0 unspecified atom stereocenters. The Morgan fingerprint density at radius 1 is 1.09 bits per heavy atom. The number of halogens is 1. The number of anilines is 2. The van der Waals surface area contributed by atoms with E-state index >= 15 is 0 Å². The molecule has 8 heteroatoms. The SMILES string of the molecule is Cc1ccc(N2C[C@H](C(=O)N3CCC(C(=O)Nc4ccc(C#N)c(Cl)c4)CC3)CC2=O)cc1. The molecule has 2 aromatic carbocycles. The van der Waals surface area contributed by atoms with E-state index in [9.17, 15) is 14.4 Å². The summed E-state index contributed by atoms with van der Waals surface area (Å²) in [5.41, 5.74) is 2.84. The van der Waals surface area contributed by atoms with Gasteiger partial charge in [-0.2, -0.15) is 5.26 Å². The Hall–Kier alpha value is -3.37. The Morgan fingerprint density at radius 3 is 2.42 bits per heavy atom. The molecular formula is C25H25ClN4O3. The monoisotopic (exact) mass is 464 g/mol. The summed E-state index contributed by atoms with van der Waals surface area (Å²) < 4.78 is 0. The lowest BCUT2D eigenvalue weighted by molar-refractivity contribution is -0.138. The van der Waals surface area contributed by atoms with Crippen molar-refractivity contribution < 1.29 is 14.4 Å². The van der Waals surface area contributed by atoms with Gasteiger partial charge in [0.2, 0.25) is 17.7 Å². The molecule has 0 spiro atoms. The minimum absolute atomic E-state index is 0.0179. The molecule has 0 saturated carbocycles. The van der Waals surface area contributed by atoms with Crippen LogP contribution in [0.1, 0.15) is 30.4 Å². The zero-order valence-electron chi connectivity index (χ0n) is 18.4. The highest BCUT2D eigenvalue weighted by Gasteiger charge is 2.38. The van der Waals surface area contributed by atoms with Crippen LogP contribution in [0.3, 0.4) is 0 Å². The maximum absolute atomic E-state index is 13.0. The molecule has 7 nitrogen and oxygen atoms in total. The van der Waals surface area contributed by atoms with Crippen LogP contribution in [0.15, 0.2) is 42.5 Å². The van der Waals surface area contributed by atoms with Gasteiger partial charge in [-0.25, -0.2) is 0 Å². The lowest BCUT2D eigenvalue weighted by Crippen LogP contribution is -2.44. The molecule has 170 valence electrons. The van der Waals surface area contributed by atoms with Gasteiger partial charge in [0.15, 0.2) is 0 Å². The maximum atomic E-state index is 13.0. The fourth-order valence-electron chi connectivity index (χ4n) is 4.40. The number of likely N-dealkylation sites (tertiary alicyclic amines) is 1. The van der Waals surface area contributed by atoms with E-state index in [0.717, 1.165) is 11.3 Å². The fraction of sp³-hybridized carbons (Fsp3) is 0.360. The second kappa shape index (κ2) is 9.63. The summed E-state index contributed by atoms with van der Waals surface area (Å²) in [7, 11) is 0. The summed E-state index contributed by atoms with van der Waals surface area (Å²) in [6.07, 6.45) is 1.33. The average molecular weight is 465 g/mol. The topological polar surface area (TPSA) is 93.5 Å². The number of carbonyl (C=O) groups is 3. The highest BCUT2D eigenvalue weighted by molar-refractivity contribution is 6.32. The lowest BCUT2D eigenvalue weighted by Gasteiger charge is -2.33. The second-order valence-electron chi connectivity index (χ2n) is 8.64. The van der Waals surface area contributed by atoms with Gasteiger partial charge < -0.3 is 15.1 Å². The zero-order chi connectivity index (χ0) is 23.5. The highest BCUT2D eigenvalue weighted by atomic mass is 35.5. The van der Waals surface area contributed by atoms with Crippen LogP contribution < -0.4 is 10.2 Å². The molecule has 2 aliphatic heterocycles. The van der Waals surface area contributed by atoms with Gasteiger partial charge in [-0.05, 0) is 50.1 Å². The number of nitrogens with one attached hydrogen (secondary N) is 1. The first-order valence-corrected chi connectivity index (χ1v) is 11.4. The summed E-state index contributed by atoms with van der Waals surface area (Å²) >= 11 is 6.04. The van der Waals surface area contributed by atoms with Crippen LogP contribution in [0.25, 0.3) is 0 Å². The molecule has 2 fully saturated rings. The van der Waals surface area contributed by atoms with Gasteiger partial charge in [-0.1, -0.05) is 29.3 Å². The van der Waals surface area contributed by atoms with E-state index in [2.05, 4.69) is 5.32 Å². The third-order valence-corrected chi connectivity index (χ3v) is 6.67. The van der Waals surface area contributed by atoms with Crippen LogP contribution in [0, 0.1) is 30.1 Å². The molecular weight excluding hydrogens is 440 g/mol. The number of nitriles is 1. The smallest absolute Gasteiger partial charge is 0.228 e. The first kappa shape index (κ1) is 22.8. The highest BCUT2D eigenvalue weighted by Crippen LogP contribution is 2.29. The van der Waals surface area contributed by atoms with Crippen molar-refractivity contribution in [3.8, 4) is 6.07 Å². The molecule has 33 heavy (non-hydrogen) atoms. The number of nitrogens with zero attached hydrogens (tertiary/aromatic N) is 3. The van der Waals surface area contributed by atoms with Gasteiger partial charge in [0.05, 0.1) is 16.5 Å². The van der Waals surface area contributed by atoms with Crippen molar-refractivity contribution in [2.75, 3.05) is 29.9 Å². The van der Waals surface area contributed by atoms with Crippen LogP contribution in [0.5, 0.6) is 0 Å². The number of hydrogen-bond acceptors (Lipinski definition) is 4. The number of rotatable bonds is 4. The zero-order valence-corrected chi connectivity index (χ0v) is 19.1. The summed E-state index contributed by atoms with van der Waals surface area (Å²) in [5.74, 6) is -0.740. The molecule has 1 N–H and O–H groups in total. The standard InChI is InChI=1S/C25H25ClN4O3/c1-16-2-6-21(7-3-16)30-15-19(12-23(30)31)25(33)29-10-8-17(9-11-29)24(32)28-20-5-4-18(14-27)22(26)13-20/h2-7,13,17,19H,8-12,15H2,1H3,(H,28,32)/t19-/m1/s1. The first-order valence-electron chi connectivity index (χ1n) is 11.0. The van der Waals surface area contributed by atoms with E-state index in [-0.39, 0.29) is 36.0 Å². The Labute approximate surface area is 197 Å². The maximum Gasteiger partial charge on any atom is 0.228 e. The molecule has 0 radical (unpaired) electrons. The van der Waals surface area contributed by atoms with Crippen molar-refractivity contribution in [1.82, 2.24) is 4.90 Å². The quantitative estimate of drug-likeness (QED) is 0.745. The number of carbonyl (C=O) groups excluding carboxylic acids is 3. The summed E-state index contributed by atoms with van der Waals surface area (Å²) in [6, 6.07) is 14.5. The van der Waals surface area contributed by atoms with Gasteiger partial charge >= 0.3 is 0 Å². The number of aryl methyl sites for hydroxylation is 1. The minimum atomic E-state index is -0.357. The third kappa shape index (κ3) is 5.01. The molecule has 0 aliphatic carbocycles. The van der Waals surface area contributed by atoms with Gasteiger partial charge in [-0.15, -0.1) is 0 Å². The van der Waals surface area contributed by atoms with Crippen LogP contribution in [0.2, 0.25) is 5.02 Å². The largest absolute Gasteiger partial charge is 0.342 e. The van der Waals surface area contributed by atoms with Gasteiger partial charge in [0.1, 0.15) is 6.07 Å². The van der Waals surface area contributed by atoms with Crippen molar-refractivity contribution in [3.05, 3.63) is 58.6 Å². The van der Waals surface area contributed by atoms with E-state index in [1.807, 2.05) is 37.3 Å². The Bertz CT molecular complexity index is 1120. The Kier molecular flexibility index (Phi) is 6.66. The van der Waals surface area contributed by atoms with E-state index in [1.165, 1.54) is 0 Å². The molecule has 0 aromatic heterocycles.